The minimum absolute atomic E-state index is 0.000392. The zero-order valence-corrected chi connectivity index (χ0v) is 20.4. The zero-order valence-electron chi connectivity index (χ0n) is 19.6. The number of methoxy groups -OCH3 is 1. The maximum Gasteiger partial charge on any atom is 0.246 e. The lowest BCUT2D eigenvalue weighted by Gasteiger charge is -2.21. The van der Waals surface area contributed by atoms with Crippen molar-refractivity contribution in [2.45, 2.75) is 50.6 Å². The SMILES string of the molecule is COc1ncc(-c2ccc3nc(N)n(CCN4CCCC4)c3c2)cc1S(=O)(=O)NC(C)(C)C. The molecular formula is C23H32N6O3S. The Kier molecular flexibility index (Phi) is 6.35. The summed E-state index contributed by atoms with van der Waals surface area (Å²) in [5, 5.41) is 0. The first-order chi connectivity index (χ1) is 15.6. The van der Waals surface area contributed by atoms with Gasteiger partial charge in [-0.25, -0.2) is 23.1 Å². The summed E-state index contributed by atoms with van der Waals surface area (Å²) in [6.45, 7) is 9.28. The summed E-state index contributed by atoms with van der Waals surface area (Å²) < 4.78 is 36.0. The first-order valence-electron chi connectivity index (χ1n) is 11.1. The van der Waals surface area contributed by atoms with Gasteiger partial charge >= 0.3 is 0 Å². The molecule has 1 fully saturated rings. The van der Waals surface area contributed by atoms with Gasteiger partial charge in [0.1, 0.15) is 4.90 Å². The van der Waals surface area contributed by atoms with Crippen LogP contribution in [0.3, 0.4) is 0 Å². The van der Waals surface area contributed by atoms with Crippen molar-refractivity contribution in [3.63, 3.8) is 0 Å². The van der Waals surface area contributed by atoms with Gasteiger partial charge < -0.3 is 19.9 Å². The van der Waals surface area contributed by atoms with Gasteiger partial charge in [-0.2, -0.15) is 0 Å². The number of pyridine rings is 1. The Balaban J connectivity index is 1.72. The summed E-state index contributed by atoms with van der Waals surface area (Å²) in [6, 6.07) is 7.38. The van der Waals surface area contributed by atoms with Crippen molar-refractivity contribution < 1.29 is 13.2 Å². The van der Waals surface area contributed by atoms with Crippen LogP contribution in [0.15, 0.2) is 35.4 Å². The molecule has 0 amide bonds. The number of nitrogens with two attached hydrogens (primary N) is 1. The first kappa shape index (κ1) is 23.5. The van der Waals surface area contributed by atoms with Crippen molar-refractivity contribution in [3.05, 3.63) is 30.5 Å². The van der Waals surface area contributed by atoms with Crippen LogP contribution in [0.25, 0.3) is 22.2 Å². The molecule has 2 aromatic heterocycles. The van der Waals surface area contributed by atoms with Crippen molar-refractivity contribution in [2.24, 2.45) is 0 Å². The summed E-state index contributed by atoms with van der Waals surface area (Å²) >= 11 is 0. The highest BCUT2D eigenvalue weighted by Crippen LogP contribution is 2.31. The number of hydrogen-bond acceptors (Lipinski definition) is 7. The van der Waals surface area contributed by atoms with E-state index in [1.807, 2.05) is 22.8 Å². The molecule has 0 saturated carbocycles. The highest BCUT2D eigenvalue weighted by atomic mass is 32.2. The summed E-state index contributed by atoms with van der Waals surface area (Å²) in [7, 11) is -2.43. The Bertz CT molecular complexity index is 1260. The minimum atomic E-state index is -3.84. The van der Waals surface area contributed by atoms with E-state index in [4.69, 9.17) is 10.5 Å². The van der Waals surface area contributed by atoms with Crippen LogP contribution in [0.5, 0.6) is 5.88 Å². The highest BCUT2D eigenvalue weighted by Gasteiger charge is 2.27. The smallest absolute Gasteiger partial charge is 0.246 e. The van der Waals surface area contributed by atoms with Crippen LogP contribution in [0, 0.1) is 0 Å². The fourth-order valence-corrected chi connectivity index (χ4v) is 5.76. The molecular weight excluding hydrogens is 440 g/mol. The number of anilines is 1. The van der Waals surface area contributed by atoms with Crippen molar-refractivity contribution in [3.8, 4) is 17.0 Å². The Labute approximate surface area is 195 Å². The number of rotatable bonds is 7. The number of nitrogens with zero attached hydrogens (tertiary/aromatic N) is 4. The monoisotopic (exact) mass is 472 g/mol. The highest BCUT2D eigenvalue weighted by molar-refractivity contribution is 7.89. The quantitative estimate of drug-likeness (QED) is 0.543. The Hall–Kier alpha value is -2.69. The zero-order chi connectivity index (χ0) is 23.8. The fourth-order valence-electron chi connectivity index (χ4n) is 4.20. The molecule has 0 spiro atoms. The molecule has 1 aliphatic rings. The molecule has 0 unspecified atom stereocenters. The van der Waals surface area contributed by atoms with Gasteiger partial charge in [-0.05, 0) is 70.5 Å². The number of aromatic nitrogens is 3. The van der Waals surface area contributed by atoms with Crippen molar-refractivity contribution in [2.75, 3.05) is 32.5 Å². The lowest BCUT2D eigenvalue weighted by Crippen LogP contribution is -2.40. The van der Waals surface area contributed by atoms with E-state index in [1.165, 1.54) is 20.0 Å². The van der Waals surface area contributed by atoms with Crippen LogP contribution < -0.4 is 15.2 Å². The molecule has 4 rings (SSSR count). The number of fused-ring (bicyclic) bond motifs is 1. The van der Waals surface area contributed by atoms with Crippen LogP contribution in [0.4, 0.5) is 5.95 Å². The number of benzene rings is 1. The molecule has 178 valence electrons. The molecule has 1 aliphatic heterocycles. The number of nitrogens with one attached hydrogen (secondary N) is 1. The fraction of sp³-hybridized carbons (Fsp3) is 0.478. The molecule has 3 aromatic rings. The number of ether oxygens (including phenoxy) is 1. The molecule has 10 heteroatoms. The minimum Gasteiger partial charge on any atom is -0.480 e. The lowest BCUT2D eigenvalue weighted by atomic mass is 10.1. The molecule has 0 atom stereocenters. The van der Waals surface area contributed by atoms with E-state index in [9.17, 15) is 8.42 Å². The van der Waals surface area contributed by atoms with Crippen LogP contribution in [0.2, 0.25) is 0 Å². The van der Waals surface area contributed by atoms with Crippen LogP contribution in [0.1, 0.15) is 33.6 Å². The van der Waals surface area contributed by atoms with E-state index >= 15 is 0 Å². The largest absolute Gasteiger partial charge is 0.480 e. The predicted octanol–water partition coefficient (Wildman–Crippen LogP) is 2.86. The summed E-state index contributed by atoms with van der Waals surface area (Å²) in [6.07, 6.45) is 4.10. The topological polar surface area (TPSA) is 115 Å². The van der Waals surface area contributed by atoms with Gasteiger partial charge in [0.15, 0.2) is 0 Å². The van der Waals surface area contributed by atoms with Gasteiger partial charge in [-0.1, -0.05) is 6.07 Å². The normalized spacial score (nSPS) is 15.4. The van der Waals surface area contributed by atoms with Gasteiger partial charge in [0.05, 0.1) is 18.1 Å². The molecule has 3 N–H and O–H groups in total. The maximum atomic E-state index is 13.0. The second kappa shape index (κ2) is 8.92. The maximum absolute atomic E-state index is 13.0. The average molecular weight is 473 g/mol. The van der Waals surface area contributed by atoms with E-state index < -0.39 is 15.6 Å². The third-order valence-electron chi connectivity index (χ3n) is 5.69. The predicted molar refractivity (Wildman–Crippen MR) is 130 cm³/mol. The van der Waals surface area contributed by atoms with Crippen LogP contribution in [-0.4, -0.2) is 60.1 Å². The second-order valence-electron chi connectivity index (χ2n) is 9.46. The molecule has 0 bridgehead atoms. The summed E-state index contributed by atoms with van der Waals surface area (Å²) in [5.74, 6) is 0.531. The van der Waals surface area contributed by atoms with Gasteiger partial charge in [0, 0.05) is 30.4 Å². The van der Waals surface area contributed by atoms with E-state index in [0.29, 0.717) is 11.5 Å². The molecule has 33 heavy (non-hydrogen) atoms. The number of nitrogen functional groups attached to an aromatic ring is 1. The Morgan fingerprint density at radius 1 is 1.12 bits per heavy atom. The molecule has 1 saturated heterocycles. The van der Waals surface area contributed by atoms with E-state index in [2.05, 4.69) is 19.6 Å². The van der Waals surface area contributed by atoms with Crippen LogP contribution in [-0.2, 0) is 16.6 Å². The van der Waals surface area contributed by atoms with Crippen molar-refractivity contribution in [1.29, 1.82) is 0 Å². The van der Waals surface area contributed by atoms with Gasteiger partial charge in [-0.3, -0.25) is 0 Å². The van der Waals surface area contributed by atoms with E-state index in [0.717, 1.165) is 42.8 Å². The molecule has 1 aromatic carbocycles. The molecule has 9 nitrogen and oxygen atoms in total. The third-order valence-corrected chi connectivity index (χ3v) is 7.44. The Morgan fingerprint density at radius 3 is 2.52 bits per heavy atom. The number of hydrogen-bond donors (Lipinski definition) is 2. The number of imidazole rings is 1. The van der Waals surface area contributed by atoms with Crippen LogP contribution >= 0.6 is 0 Å². The summed E-state index contributed by atoms with van der Waals surface area (Å²) in [4.78, 5) is 11.2. The first-order valence-corrected chi connectivity index (χ1v) is 12.6. The van der Waals surface area contributed by atoms with Gasteiger partial charge in [0.25, 0.3) is 0 Å². The third kappa shape index (κ3) is 5.13. The molecule has 3 heterocycles. The number of sulfonamides is 1. The Morgan fingerprint density at radius 2 is 1.85 bits per heavy atom. The van der Waals surface area contributed by atoms with E-state index in [-0.39, 0.29) is 10.8 Å². The lowest BCUT2D eigenvalue weighted by molar-refractivity contribution is 0.325. The molecule has 0 radical (unpaired) electrons. The summed E-state index contributed by atoms with van der Waals surface area (Å²) in [5.41, 5.74) is 8.79. The number of likely N-dealkylation sites (tertiary alicyclic amines) is 1. The van der Waals surface area contributed by atoms with Gasteiger partial charge in [0.2, 0.25) is 21.9 Å². The van der Waals surface area contributed by atoms with E-state index in [1.54, 1.807) is 33.0 Å². The van der Waals surface area contributed by atoms with Crippen molar-refractivity contribution >= 4 is 27.0 Å². The molecule has 0 aliphatic carbocycles. The standard InChI is InChI=1S/C23H32N6O3S/c1-23(2,3)27-33(30,31)20-14-17(15-25-21(20)32-4)16-7-8-18-19(13-16)29(22(24)26-18)12-11-28-9-5-6-10-28/h7-8,13-15,27H,5-6,9-12H2,1-4H3,(H2,24,26). The van der Waals surface area contributed by atoms with Gasteiger partial charge in [-0.15, -0.1) is 0 Å². The van der Waals surface area contributed by atoms with Crippen molar-refractivity contribution in [1.82, 2.24) is 24.2 Å². The average Bonchev–Trinajstić information content (AvgIpc) is 3.36. The second-order valence-corrected chi connectivity index (χ2v) is 11.1.